The maximum atomic E-state index is 5.90. The Morgan fingerprint density at radius 2 is 1.86 bits per heavy atom. The lowest BCUT2D eigenvalue weighted by Crippen LogP contribution is -2.25. The van der Waals surface area contributed by atoms with Crippen LogP contribution in [0.15, 0.2) is 18.2 Å². The van der Waals surface area contributed by atoms with Crippen molar-refractivity contribution < 1.29 is 4.74 Å². The summed E-state index contributed by atoms with van der Waals surface area (Å²) in [6.07, 6.45) is 4.99. The van der Waals surface area contributed by atoms with Crippen molar-refractivity contribution in [2.45, 2.75) is 59.0 Å². The molecular weight excluding hydrogens is 260 g/mol. The molecule has 1 aliphatic carbocycles. The van der Waals surface area contributed by atoms with Crippen molar-refractivity contribution in [1.82, 2.24) is 5.32 Å². The highest BCUT2D eigenvalue weighted by Gasteiger charge is 2.20. The summed E-state index contributed by atoms with van der Waals surface area (Å²) in [5.74, 6) is 1.04. The van der Waals surface area contributed by atoms with Gasteiger partial charge in [-0.3, -0.25) is 0 Å². The average molecular weight is 290 g/mol. The standard InChI is InChI=1S/C18H30N2O/c1-4-11-20(12-5-2)17-10-7-15(13-18(17)21-6-3)14-19-16-8-9-16/h7,10,13,16,19H,4-6,8-9,11-12,14H2,1-3H3. The Bertz CT molecular complexity index is 423. The largest absolute Gasteiger partial charge is 0.492 e. The van der Waals surface area contributed by atoms with E-state index in [2.05, 4.69) is 49.2 Å². The molecule has 118 valence electrons. The van der Waals surface area contributed by atoms with E-state index in [-0.39, 0.29) is 0 Å². The second-order valence-corrected chi connectivity index (χ2v) is 5.88. The van der Waals surface area contributed by atoms with Crippen molar-refractivity contribution in [1.29, 1.82) is 0 Å². The fourth-order valence-corrected chi connectivity index (χ4v) is 2.64. The van der Waals surface area contributed by atoms with Crippen LogP contribution in [0, 0.1) is 0 Å². The summed E-state index contributed by atoms with van der Waals surface area (Å²) < 4.78 is 5.90. The van der Waals surface area contributed by atoms with Crippen LogP contribution >= 0.6 is 0 Å². The molecule has 0 aliphatic heterocycles. The van der Waals surface area contributed by atoms with Crippen LogP contribution in [0.2, 0.25) is 0 Å². The second-order valence-electron chi connectivity index (χ2n) is 5.88. The van der Waals surface area contributed by atoms with Crippen molar-refractivity contribution in [3.8, 4) is 5.75 Å². The van der Waals surface area contributed by atoms with E-state index in [9.17, 15) is 0 Å². The first-order valence-corrected chi connectivity index (χ1v) is 8.52. The average Bonchev–Trinajstić information content (AvgIpc) is 3.30. The molecule has 0 unspecified atom stereocenters. The predicted octanol–water partition coefficient (Wildman–Crippen LogP) is 3.96. The molecule has 3 nitrogen and oxygen atoms in total. The summed E-state index contributed by atoms with van der Waals surface area (Å²) in [5.41, 5.74) is 2.57. The summed E-state index contributed by atoms with van der Waals surface area (Å²) >= 11 is 0. The van der Waals surface area contributed by atoms with E-state index >= 15 is 0 Å². The zero-order chi connectivity index (χ0) is 15.1. The molecular formula is C18H30N2O. The first-order valence-electron chi connectivity index (χ1n) is 8.52. The van der Waals surface area contributed by atoms with Crippen LogP contribution in [0.3, 0.4) is 0 Å². The maximum Gasteiger partial charge on any atom is 0.142 e. The normalized spacial score (nSPS) is 14.2. The van der Waals surface area contributed by atoms with Gasteiger partial charge >= 0.3 is 0 Å². The molecule has 1 saturated carbocycles. The highest BCUT2D eigenvalue weighted by Crippen LogP contribution is 2.30. The molecule has 1 aromatic rings. The van der Waals surface area contributed by atoms with Crippen molar-refractivity contribution in [2.24, 2.45) is 0 Å². The number of anilines is 1. The molecule has 1 fully saturated rings. The molecule has 0 radical (unpaired) electrons. The molecule has 2 rings (SSSR count). The molecule has 1 aliphatic rings. The number of hydrogen-bond donors (Lipinski definition) is 1. The highest BCUT2D eigenvalue weighted by atomic mass is 16.5. The van der Waals surface area contributed by atoms with Gasteiger partial charge in [-0.25, -0.2) is 0 Å². The lowest BCUT2D eigenvalue weighted by Gasteiger charge is -2.26. The first kappa shape index (κ1) is 16.2. The van der Waals surface area contributed by atoms with Gasteiger partial charge in [0.25, 0.3) is 0 Å². The summed E-state index contributed by atoms with van der Waals surface area (Å²) in [5, 5.41) is 3.57. The summed E-state index contributed by atoms with van der Waals surface area (Å²) in [7, 11) is 0. The Balaban J connectivity index is 2.12. The zero-order valence-electron chi connectivity index (χ0n) is 13.8. The van der Waals surface area contributed by atoms with Gasteiger partial charge in [-0.2, -0.15) is 0 Å². The smallest absolute Gasteiger partial charge is 0.142 e. The Labute approximate surface area is 129 Å². The minimum atomic E-state index is 0.721. The van der Waals surface area contributed by atoms with Gasteiger partial charge in [0.15, 0.2) is 0 Å². The Hall–Kier alpha value is -1.22. The van der Waals surface area contributed by atoms with E-state index in [4.69, 9.17) is 4.74 Å². The van der Waals surface area contributed by atoms with Gasteiger partial charge in [-0.1, -0.05) is 19.9 Å². The fourth-order valence-electron chi connectivity index (χ4n) is 2.64. The van der Waals surface area contributed by atoms with Gasteiger partial charge in [-0.15, -0.1) is 0 Å². The van der Waals surface area contributed by atoms with E-state index in [1.807, 2.05) is 0 Å². The number of benzene rings is 1. The van der Waals surface area contributed by atoms with Gasteiger partial charge in [0.1, 0.15) is 5.75 Å². The zero-order valence-corrected chi connectivity index (χ0v) is 13.8. The van der Waals surface area contributed by atoms with E-state index in [0.29, 0.717) is 0 Å². The van der Waals surface area contributed by atoms with Crippen molar-refractivity contribution in [3.05, 3.63) is 23.8 Å². The van der Waals surface area contributed by atoms with E-state index < -0.39 is 0 Å². The third-order valence-electron chi connectivity index (χ3n) is 3.82. The van der Waals surface area contributed by atoms with Crippen LogP contribution in [0.5, 0.6) is 5.75 Å². The van der Waals surface area contributed by atoms with Crippen LogP contribution in [0.25, 0.3) is 0 Å². The minimum absolute atomic E-state index is 0.721. The minimum Gasteiger partial charge on any atom is -0.492 e. The topological polar surface area (TPSA) is 24.5 Å². The lowest BCUT2D eigenvalue weighted by molar-refractivity contribution is 0.340. The molecule has 0 aromatic heterocycles. The fraction of sp³-hybridized carbons (Fsp3) is 0.667. The molecule has 0 saturated heterocycles. The van der Waals surface area contributed by atoms with Gasteiger partial charge in [0.2, 0.25) is 0 Å². The Morgan fingerprint density at radius 1 is 1.14 bits per heavy atom. The Morgan fingerprint density at radius 3 is 2.43 bits per heavy atom. The van der Waals surface area contributed by atoms with Crippen molar-refractivity contribution in [2.75, 3.05) is 24.6 Å². The van der Waals surface area contributed by atoms with Crippen LogP contribution in [-0.2, 0) is 6.54 Å². The van der Waals surface area contributed by atoms with Gasteiger partial charge < -0.3 is 15.0 Å². The van der Waals surface area contributed by atoms with Crippen LogP contribution in [-0.4, -0.2) is 25.7 Å². The third kappa shape index (κ3) is 4.92. The first-order chi connectivity index (χ1) is 10.3. The van der Waals surface area contributed by atoms with Crippen LogP contribution in [0.4, 0.5) is 5.69 Å². The summed E-state index contributed by atoms with van der Waals surface area (Å²) in [6, 6.07) is 7.44. The van der Waals surface area contributed by atoms with Crippen LogP contribution < -0.4 is 15.0 Å². The monoisotopic (exact) mass is 290 g/mol. The number of nitrogens with one attached hydrogen (secondary N) is 1. The van der Waals surface area contributed by atoms with Crippen molar-refractivity contribution in [3.63, 3.8) is 0 Å². The second kappa shape index (κ2) is 8.28. The third-order valence-corrected chi connectivity index (χ3v) is 3.82. The quantitative estimate of drug-likeness (QED) is 0.706. The van der Waals surface area contributed by atoms with Gasteiger partial charge in [-0.05, 0) is 50.3 Å². The highest BCUT2D eigenvalue weighted by molar-refractivity contribution is 5.60. The molecule has 3 heteroatoms. The van der Waals surface area contributed by atoms with Crippen LogP contribution in [0.1, 0.15) is 52.0 Å². The molecule has 0 heterocycles. The maximum absolute atomic E-state index is 5.90. The molecule has 21 heavy (non-hydrogen) atoms. The lowest BCUT2D eigenvalue weighted by atomic mass is 10.1. The molecule has 1 N–H and O–H groups in total. The van der Waals surface area contributed by atoms with Gasteiger partial charge in [0.05, 0.1) is 12.3 Å². The SMILES string of the molecule is CCCN(CCC)c1ccc(CNC2CC2)cc1OCC. The molecule has 0 spiro atoms. The molecule has 0 atom stereocenters. The Kier molecular flexibility index (Phi) is 6.37. The van der Waals surface area contributed by atoms with E-state index in [0.717, 1.165) is 50.9 Å². The number of nitrogens with zero attached hydrogens (tertiary/aromatic N) is 1. The molecule has 0 bridgehead atoms. The van der Waals surface area contributed by atoms with Crippen molar-refractivity contribution >= 4 is 5.69 Å². The number of hydrogen-bond acceptors (Lipinski definition) is 3. The summed E-state index contributed by atoms with van der Waals surface area (Å²) in [6.45, 7) is 10.4. The van der Waals surface area contributed by atoms with E-state index in [1.54, 1.807) is 0 Å². The number of rotatable bonds is 10. The van der Waals surface area contributed by atoms with E-state index in [1.165, 1.54) is 24.1 Å². The van der Waals surface area contributed by atoms with Gasteiger partial charge in [0, 0.05) is 25.7 Å². The number of ether oxygens (including phenoxy) is 1. The molecule has 1 aromatic carbocycles. The summed E-state index contributed by atoms with van der Waals surface area (Å²) in [4.78, 5) is 2.45. The predicted molar refractivity (Wildman–Crippen MR) is 90.3 cm³/mol. The molecule has 0 amide bonds.